The second kappa shape index (κ2) is 10.9. The van der Waals surface area contributed by atoms with Crippen molar-refractivity contribution in [2.45, 2.75) is 44.5 Å². The van der Waals surface area contributed by atoms with Crippen LogP contribution in [0.3, 0.4) is 0 Å². The number of likely N-dealkylation sites (tertiary alicyclic amines) is 1. The van der Waals surface area contributed by atoms with Gasteiger partial charge in [0.1, 0.15) is 6.04 Å². The molecule has 0 radical (unpaired) electrons. The van der Waals surface area contributed by atoms with E-state index >= 15 is 0 Å². The number of hydrogen-bond donors (Lipinski definition) is 1. The second-order valence-corrected chi connectivity index (χ2v) is 9.66. The first kappa shape index (κ1) is 26.3. The standard InChI is InChI=1S/C24H35F3N4O3/c1-17-13-20(32)16-29(15-17)9-7-21(23(34)28(2)3)31-12-11-30(10-8-22(31)33)19-6-4-5-18(14-19)24(25,26)27/h4-6,14,17,20-21,32H,7-13,15-16H2,1-3H3/t17-,20-,21+/m0/s1. The highest BCUT2D eigenvalue weighted by Gasteiger charge is 2.35. The van der Waals surface area contributed by atoms with Crippen molar-refractivity contribution >= 4 is 17.5 Å². The number of benzene rings is 1. The van der Waals surface area contributed by atoms with Crippen LogP contribution in [-0.4, -0.2) is 97.1 Å². The molecule has 1 aromatic carbocycles. The fourth-order valence-corrected chi connectivity index (χ4v) is 4.93. The SMILES string of the molecule is C[C@H]1C[C@H](O)CN(CC[C@H](C(=O)N(C)C)N2CCN(c3cccc(C(F)(F)F)c3)CCC2=O)C1. The molecule has 2 aliphatic heterocycles. The summed E-state index contributed by atoms with van der Waals surface area (Å²) in [5.41, 5.74) is -0.313. The molecule has 1 N–H and O–H groups in total. The van der Waals surface area contributed by atoms with Crippen molar-refractivity contribution in [3.05, 3.63) is 29.8 Å². The predicted molar refractivity (Wildman–Crippen MR) is 123 cm³/mol. The van der Waals surface area contributed by atoms with Crippen LogP contribution in [0.2, 0.25) is 0 Å². The molecule has 7 nitrogen and oxygen atoms in total. The summed E-state index contributed by atoms with van der Waals surface area (Å²) in [6.45, 7) is 4.91. The van der Waals surface area contributed by atoms with Gasteiger partial charge in [0.2, 0.25) is 11.8 Å². The Morgan fingerprint density at radius 2 is 1.94 bits per heavy atom. The third-order valence-electron chi connectivity index (χ3n) is 6.60. The third-order valence-corrected chi connectivity index (χ3v) is 6.60. The highest BCUT2D eigenvalue weighted by Crippen LogP contribution is 2.32. The van der Waals surface area contributed by atoms with E-state index in [0.29, 0.717) is 37.7 Å². The number of hydrogen-bond acceptors (Lipinski definition) is 5. The average molecular weight is 485 g/mol. The van der Waals surface area contributed by atoms with Crippen LogP contribution in [0, 0.1) is 5.92 Å². The number of rotatable bonds is 6. The molecule has 2 aliphatic rings. The molecule has 2 saturated heterocycles. The fraction of sp³-hybridized carbons (Fsp3) is 0.667. The van der Waals surface area contributed by atoms with Gasteiger partial charge in [-0.25, -0.2) is 0 Å². The molecule has 0 spiro atoms. The lowest BCUT2D eigenvalue weighted by atomic mass is 9.97. The number of β-amino-alcohol motifs (C(OH)–C–C–N with tert-alkyl or cyclic N) is 1. The molecule has 0 bridgehead atoms. The number of aliphatic hydroxyl groups excluding tert-OH is 1. The van der Waals surface area contributed by atoms with E-state index in [0.717, 1.165) is 25.1 Å². The van der Waals surface area contributed by atoms with Crippen LogP contribution in [0.15, 0.2) is 24.3 Å². The summed E-state index contributed by atoms with van der Waals surface area (Å²) in [6.07, 6.45) is -3.52. The minimum absolute atomic E-state index is 0.118. The lowest BCUT2D eigenvalue weighted by Crippen LogP contribution is -2.52. The van der Waals surface area contributed by atoms with Gasteiger partial charge in [-0.05, 0) is 37.0 Å². The zero-order chi connectivity index (χ0) is 25.0. The molecule has 3 rings (SSSR count). The zero-order valence-corrected chi connectivity index (χ0v) is 20.1. The number of halogens is 3. The maximum atomic E-state index is 13.2. The van der Waals surface area contributed by atoms with E-state index in [1.807, 2.05) is 0 Å². The number of carbonyl (C=O) groups excluding carboxylic acids is 2. The van der Waals surface area contributed by atoms with Crippen LogP contribution in [0.4, 0.5) is 18.9 Å². The van der Waals surface area contributed by atoms with Crippen LogP contribution in [0.5, 0.6) is 0 Å². The number of likely N-dealkylation sites (N-methyl/N-ethyl adjacent to an activating group) is 1. The second-order valence-electron chi connectivity index (χ2n) is 9.66. The van der Waals surface area contributed by atoms with E-state index in [2.05, 4.69) is 11.8 Å². The Bertz CT molecular complexity index is 854. The Balaban J connectivity index is 1.73. The molecule has 190 valence electrons. The molecule has 34 heavy (non-hydrogen) atoms. The van der Waals surface area contributed by atoms with Crippen molar-refractivity contribution in [1.29, 1.82) is 0 Å². The first-order valence-electron chi connectivity index (χ1n) is 11.8. The van der Waals surface area contributed by atoms with E-state index in [9.17, 15) is 27.9 Å². The summed E-state index contributed by atoms with van der Waals surface area (Å²) in [7, 11) is 3.30. The number of piperidine rings is 1. The molecular formula is C24H35F3N4O3. The van der Waals surface area contributed by atoms with Crippen LogP contribution in [0.1, 0.15) is 31.7 Å². The molecular weight excluding hydrogens is 449 g/mol. The van der Waals surface area contributed by atoms with Crippen molar-refractivity contribution in [3.63, 3.8) is 0 Å². The molecule has 3 atom stereocenters. The summed E-state index contributed by atoms with van der Waals surface area (Å²) in [5, 5.41) is 10.1. The Morgan fingerprint density at radius 1 is 1.21 bits per heavy atom. The molecule has 0 aliphatic carbocycles. The highest BCUT2D eigenvalue weighted by atomic mass is 19.4. The number of carbonyl (C=O) groups is 2. The van der Waals surface area contributed by atoms with Crippen molar-refractivity contribution in [2.24, 2.45) is 5.92 Å². The Kier molecular flexibility index (Phi) is 8.46. The molecule has 1 aromatic rings. The van der Waals surface area contributed by atoms with Crippen molar-refractivity contribution < 1.29 is 27.9 Å². The maximum Gasteiger partial charge on any atom is 0.416 e. The van der Waals surface area contributed by atoms with Gasteiger partial charge in [-0.3, -0.25) is 9.59 Å². The number of aliphatic hydroxyl groups is 1. The van der Waals surface area contributed by atoms with Crippen molar-refractivity contribution in [1.82, 2.24) is 14.7 Å². The number of nitrogens with zero attached hydrogens (tertiary/aromatic N) is 4. The quantitative estimate of drug-likeness (QED) is 0.671. The van der Waals surface area contributed by atoms with Gasteiger partial charge in [-0.1, -0.05) is 13.0 Å². The fourth-order valence-electron chi connectivity index (χ4n) is 4.93. The predicted octanol–water partition coefficient (Wildman–Crippen LogP) is 2.29. The molecule has 0 unspecified atom stereocenters. The zero-order valence-electron chi connectivity index (χ0n) is 20.1. The van der Waals surface area contributed by atoms with E-state index in [1.165, 1.54) is 11.0 Å². The molecule has 2 amide bonds. The van der Waals surface area contributed by atoms with E-state index in [4.69, 9.17) is 0 Å². The van der Waals surface area contributed by atoms with Gasteiger partial charge in [-0.15, -0.1) is 0 Å². The minimum atomic E-state index is -4.44. The van der Waals surface area contributed by atoms with E-state index in [1.54, 1.807) is 30.0 Å². The average Bonchev–Trinajstić information content (AvgIpc) is 2.94. The topological polar surface area (TPSA) is 67.3 Å². The molecule has 2 heterocycles. The number of amides is 2. The van der Waals surface area contributed by atoms with Gasteiger partial charge >= 0.3 is 6.18 Å². The lowest BCUT2D eigenvalue weighted by molar-refractivity contribution is -0.144. The van der Waals surface area contributed by atoms with E-state index in [-0.39, 0.29) is 31.3 Å². The van der Waals surface area contributed by atoms with Crippen LogP contribution in [0.25, 0.3) is 0 Å². The minimum Gasteiger partial charge on any atom is -0.392 e. The third kappa shape index (κ3) is 6.63. The largest absolute Gasteiger partial charge is 0.416 e. The first-order chi connectivity index (χ1) is 16.0. The molecule has 0 saturated carbocycles. The number of alkyl halides is 3. The summed E-state index contributed by atoms with van der Waals surface area (Å²) >= 11 is 0. The maximum absolute atomic E-state index is 13.2. The first-order valence-corrected chi connectivity index (χ1v) is 11.8. The summed E-state index contributed by atoms with van der Waals surface area (Å²) in [4.78, 5) is 33.0. The normalized spacial score (nSPS) is 23.6. The van der Waals surface area contributed by atoms with Crippen molar-refractivity contribution in [3.8, 4) is 0 Å². The smallest absolute Gasteiger partial charge is 0.392 e. The van der Waals surface area contributed by atoms with Crippen molar-refractivity contribution in [2.75, 3.05) is 58.3 Å². The van der Waals surface area contributed by atoms with Gasteiger partial charge in [0.25, 0.3) is 0 Å². The van der Waals surface area contributed by atoms with Gasteiger partial charge in [-0.2, -0.15) is 13.2 Å². The Labute approximate surface area is 199 Å². The summed E-state index contributed by atoms with van der Waals surface area (Å²) in [6, 6.07) is 4.46. The molecule has 2 fully saturated rings. The van der Waals surface area contributed by atoms with E-state index < -0.39 is 23.9 Å². The lowest BCUT2D eigenvalue weighted by Gasteiger charge is -2.37. The molecule has 10 heteroatoms. The highest BCUT2D eigenvalue weighted by molar-refractivity contribution is 5.88. The number of anilines is 1. The summed E-state index contributed by atoms with van der Waals surface area (Å²) in [5.74, 6) is 0.000729. The van der Waals surface area contributed by atoms with Gasteiger partial charge < -0.3 is 24.7 Å². The van der Waals surface area contributed by atoms with Gasteiger partial charge in [0.15, 0.2) is 0 Å². The Hall–Kier alpha value is -2.33. The van der Waals surface area contributed by atoms with Gasteiger partial charge in [0.05, 0.1) is 11.7 Å². The summed E-state index contributed by atoms with van der Waals surface area (Å²) < 4.78 is 39.5. The van der Waals surface area contributed by atoms with Crippen LogP contribution < -0.4 is 4.90 Å². The van der Waals surface area contributed by atoms with Gasteiger partial charge in [0, 0.05) is 65.5 Å². The Morgan fingerprint density at radius 3 is 2.59 bits per heavy atom. The van der Waals surface area contributed by atoms with Crippen LogP contribution in [-0.2, 0) is 15.8 Å². The van der Waals surface area contributed by atoms with Crippen LogP contribution >= 0.6 is 0 Å². The molecule has 0 aromatic heterocycles. The monoisotopic (exact) mass is 484 g/mol.